The molecule has 4 aliphatic rings. The Hall–Kier alpha value is -2.04. The van der Waals surface area contributed by atoms with E-state index < -0.39 is 0 Å². The molecular weight excluding hydrogens is 448 g/mol. The summed E-state index contributed by atoms with van der Waals surface area (Å²) in [6.45, 7) is 2.38. The van der Waals surface area contributed by atoms with Crippen molar-refractivity contribution in [2.75, 3.05) is 19.8 Å². The second-order valence-corrected chi connectivity index (χ2v) is 11.5. The van der Waals surface area contributed by atoms with E-state index in [0.717, 1.165) is 24.7 Å². The molecule has 2 aliphatic carbocycles. The number of hydrogen-bond donors (Lipinski definition) is 0. The molecule has 2 aromatic carbocycles. The molecule has 0 amide bonds. The van der Waals surface area contributed by atoms with Gasteiger partial charge >= 0.3 is 0 Å². The summed E-state index contributed by atoms with van der Waals surface area (Å²) in [6, 6.07) is 17.8. The van der Waals surface area contributed by atoms with Crippen LogP contribution in [0.4, 0.5) is 0 Å². The highest BCUT2D eigenvalue weighted by atomic mass is 16.6. The lowest BCUT2D eigenvalue weighted by atomic mass is 9.76. The topological polar surface area (TPSA) is 43.5 Å². The standard InChI is InChI=1S/C32H42O4/c1-2-4-7-26(8-5-3-1)32(31-22-35-31)36-29-10-6-9-27(19-29)25-13-11-23(12-14-25)24-15-17-28(18-16-24)33-20-30-21-34-30/h6,9-10,15-19,23,25-26,30-32H,1-5,7-8,11-14,20-22H2. The van der Waals surface area contributed by atoms with E-state index in [1.54, 1.807) is 0 Å². The molecule has 0 radical (unpaired) electrons. The fraction of sp³-hybridized carbons (Fsp3) is 0.625. The number of ether oxygens (including phenoxy) is 4. The van der Waals surface area contributed by atoms with Crippen LogP contribution in [0.1, 0.15) is 93.6 Å². The molecule has 0 bridgehead atoms. The van der Waals surface area contributed by atoms with Crippen LogP contribution in [-0.2, 0) is 9.47 Å². The molecule has 2 heterocycles. The van der Waals surface area contributed by atoms with Crippen LogP contribution < -0.4 is 9.47 Å². The molecule has 4 nitrogen and oxygen atoms in total. The summed E-state index contributed by atoms with van der Waals surface area (Å²) in [7, 11) is 0. The molecule has 194 valence electrons. The lowest BCUT2D eigenvalue weighted by molar-refractivity contribution is 0.0852. The molecule has 0 spiro atoms. The fourth-order valence-corrected chi connectivity index (χ4v) is 6.49. The van der Waals surface area contributed by atoms with Gasteiger partial charge in [0.05, 0.1) is 13.2 Å². The monoisotopic (exact) mass is 490 g/mol. The predicted octanol–water partition coefficient (Wildman–Crippen LogP) is 7.41. The Kier molecular flexibility index (Phi) is 7.81. The first kappa shape index (κ1) is 24.3. The van der Waals surface area contributed by atoms with Crippen molar-refractivity contribution in [1.82, 2.24) is 0 Å². The Bertz CT molecular complexity index is 948. The Labute approximate surface area is 216 Å². The van der Waals surface area contributed by atoms with E-state index in [4.69, 9.17) is 18.9 Å². The smallest absolute Gasteiger partial charge is 0.130 e. The molecule has 2 saturated heterocycles. The zero-order valence-electron chi connectivity index (χ0n) is 21.6. The third-order valence-electron chi connectivity index (χ3n) is 8.86. The minimum atomic E-state index is 0.220. The highest BCUT2D eigenvalue weighted by Gasteiger charge is 2.40. The van der Waals surface area contributed by atoms with Crippen LogP contribution in [0, 0.1) is 5.92 Å². The van der Waals surface area contributed by atoms with Gasteiger partial charge < -0.3 is 18.9 Å². The number of hydrogen-bond acceptors (Lipinski definition) is 4. The minimum absolute atomic E-state index is 0.220. The summed E-state index contributed by atoms with van der Waals surface area (Å²) in [5.41, 5.74) is 2.90. The minimum Gasteiger partial charge on any atom is -0.491 e. The zero-order valence-corrected chi connectivity index (χ0v) is 21.6. The summed E-state index contributed by atoms with van der Waals surface area (Å²) in [5.74, 6) is 3.91. The molecule has 3 unspecified atom stereocenters. The van der Waals surface area contributed by atoms with Crippen LogP contribution in [0.5, 0.6) is 11.5 Å². The third kappa shape index (κ3) is 6.44. The van der Waals surface area contributed by atoms with E-state index in [2.05, 4.69) is 48.5 Å². The average Bonchev–Trinajstić information content (AvgIpc) is 3.82. The molecule has 2 saturated carbocycles. The van der Waals surface area contributed by atoms with Gasteiger partial charge in [-0.15, -0.1) is 0 Å². The van der Waals surface area contributed by atoms with Gasteiger partial charge in [0, 0.05) is 0 Å². The van der Waals surface area contributed by atoms with E-state index in [0.29, 0.717) is 36.6 Å². The van der Waals surface area contributed by atoms with Gasteiger partial charge in [-0.1, -0.05) is 56.4 Å². The Morgan fingerprint density at radius 1 is 0.694 bits per heavy atom. The molecule has 2 aliphatic heterocycles. The normalized spacial score (nSPS) is 29.6. The summed E-state index contributed by atoms with van der Waals surface area (Å²) in [4.78, 5) is 0. The molecule has 2 aromatic rings. The van der Waals surface area contributed by atoms with Gasteiger partial charge in [-0.2, -0.15) is 0 Å². The second kappa shape index (κ2) is 11.6. The van der Waals surface area contributed by atoms with Crippen LogP contribution in [0.3, 0.4) is 0 Å². The van der Waals surface area contributed by atoms with Gasteiger partial charge in [0.25, 0.3) is 0 Å². The first-order chi connectivity index (χ1) is 17.8. The van der Waals surface area contributed by atoms with Crippen molar-refractivity contribution in [3.05, 3.63) is 59.7 Å². The second-order valence-electron chi connectivity index (χ2n) is 11.5. The first-order valence-corrected chi connectivity index (χ1v) is 14.5. The zero-order chi connectivity index (χ0) is 24.2. The lowest BCUT2D eigenvalue weighted by Gasteiger charge is -2.30. The quantitative estimate of drug-likeness (QED) is 0.343. The molecule has 3 atom stereocenters. The van der Waals surface area contributed by atoms with Crippen molar-refractivity contribution >= 4 is 0 Å². The van der Waals surface area contributed by atoms with E-state index in [-0.39, 0.29) is 6.10 Å². The van der Waals surface area contributed by atoms with Gasteiger partial charge in [0.2, 0.25) is 0 Å². The Balaban J connectivity index is 1.04. The third-order valence-corrected chi connectivity index (χ3v) is 8.86. The van der Waals surface area contributed by atoms with Crippen LogP contribution in [0.15, 0.2) is 48.5 Å². The van der Waals surface area contributed by atoms with Gasteiger partial charge in [-0.25, -0.2) is 0 Å². The van der Waals surface area contributed by atoms with Gasteiger partial charge in [0.15, 0.2) is 0 Å². The number of rotatable bonds is 9. The number of benzene rings is 2. The maximum Gasteiger partial charge on any atom is 0.130 e. The van der Waals surface area contributed by atoms with Gasteiger partial charge in [-0.3, -0.25) is 0 Å². The van der Waals surface area contributed by atoms with Crippen LogP contribution in [0.25, 0.3) is 0 Å². The molecular formula is C32H42O4. The molecule has 4 heteroatoms. The molecule has 4 fully saturated rings. The maximum absolute atomic E-state index is 6.70. The maximum atomic E-state index is 6.70. The lowest BCUT2D eigenvalue weighted by Crippen LogP contribution is -2.33. The van der Waals surface area contributed by atoms with Gasteiger partial charge in [0.1, 0.15) is 36.4 Å². The fourth-order valence-electron chi connectivity index (χ4n) is 6.49. The highest BCUT2D eigenvalue weighted by Crippen LogP contribution is 2.42. The molecule has 6 rings (SSSR count). The van der Waals surface area contributed by atoms with Crippen LogP contribution in [-0.4, -0.2) is 38.1 Å². The van der Waals surface area contributed by atoms with Crippen LogP contribution in [0.2, 0.25) is 0 Å². The van der Waals surface area contributed by atoms with Crippen molar-refractivity contribution in [3.63, 3.8) is 0 Å². The highest BCUT2D eigenvalue weighted by molar-refractivity contribution is 5.33. The number of epoxide rings is 2. The summed E-state index contributed by atoms with van der Waals surface area (Å²) in [5, 5.41) is 0. The Morgan fingerprint density at radius 2 is 1.36 bits per heavy atom. The van der Waals surface area contributed by atoms with E-state index >= 15 is 0 Å². The van der Waals surface area contributed by atoms with Crippen molar-refractivity contribution in [2.24, 2.45) is 5.92 Å². The molecule has 36 heavy (non-hydrogen) atoms. The van der Waals surface area contributed by atoms with E-state index in [1.807, 2.05) is 0 Å². The summed E-state index contributed by atoms with van der Waals surface area (Å²) >= 11 is 0. The van der Waals surface area contributed by atoms with Crippen LogP contribution >= 0.6 is 0 Å². The SMILES string of the molecule is c1cc(OC(C2CCCCCCC2)C2CO2)cc(C2CCC(c3ccc(OCC4CO4)cc3)CC2)c1. The largest absolute Gasteiger partial charge is 0.491 e. The first-order valence-electron chi connectivity index (χ1n) is 14.5. The summed E-state index contributed by atoms with van der Waals surface area (Å²) < 4.78 is 23.5. The van der Waals surface area contributed by atoms with Crippen molar-refractivity contribution in [1.29, 1.82) is 0 Å². The Morgan fingerprint density at radius 3 is 2.03 bits per heavy atom. The summed E-state index contributed by atoms with van der Waals surface area (Å²) in [6.07, 6.45) is 15.2. The average molecular weight is 491 g/mol. The van der Waals surface area contributed by atoms with Gasteiger partial charge in [-0.05, 0) is 91.7 Å². The van der Waals surface area contributed by atoms with E-state index in [9.17, 15) is 0 Å². The molecule has 0 aromatic heterocycles. The predicted molar refractivity (Wildman–Crippen MR) is 142 cm³/mol. The van der Waals surface area contributed by atoms with Crippen molar-refractivity contribution < 1.29 is 18.9 Å². The van der Waals surface area contributed by atoms with Crippen molar-refractivity contribution in [2.45, 2.75) is 101 Å². The van der Waals surface area contributed by atoms with E-state index in [1.165, 1.54) is 81.8 Å². The molecule has 0 N–H and O–H groups in total. The van der Waals surface area contributed by atoms with Crippen molar-refractivity contribution in [3.8, 4) is 11.5 Å².